The third-order valence-corrected chi connectivity index (χ3v) is 6.11. The lowest BCUT2D eigenvalue weighted by Crippen LogP contribution is -2.46. The molecule has 0 bridgehead atoms. The van der Waals surface area contributed by atoms with Crippen LogP contribution in [0.2, 0.25) is 0 Å². The molecule has 0 heterocycles. The number of hydrogen-bond acceptors (Lipinski definition) is 3. The van der Waals surface area contributed by atoms with Crippen molar-refractivity contribution >= 4 is 18.6 Å². The minimum atomic E-state index is -3.57. The van der Waals surface area contributed by atoms with E-state index in [9.17, 15) is 14.3 Å². The fraction of sp³-hybridized carbons (Fsp3) is 0.381. The highest BCUT2D eigenvalue weighted by atomic mass is 31.2. The Balaban J connectivity index is 2.03. The van der Waals surface area contributed by atoms with Crippen LogP contribution in [0.5, 0.6) is 0 Å². The molecule has 2 rings (SSSR count). The fourth-order valence-corrected chi connectivity index (χ4v) is 4.17. The topological polar surface area (TPSA) is 78.4 Å². The second kappa shape index (κ2) is 9.84. The zero-order chi connectivity index (χ0) is 19.9. The zero-order valence-corrected chi connectivity index (χ0v) is 17.0. The molecule has 2 aromatic carbocycles. The van der Waals surface area contributed by atoms with Crippen molar-refractivity contribution in [3.05, 3.63) is 66.2 Å². The summed E-state index contributed by atoms with van der Waals surface area (Å²) in [6, 6.07) is 17.6. The minimum absolute atomic E-state index is 0.134. The lowest BCUT2D eigenvalue weighted by molar-refractivity contribution is -0.124. The van der Waals surface area contributed by atoms with Gasteiger partial charge in [0.1, 0.15) is 0 Å². The lowest BCUT2D eigenvalue weighted by atomic mass is 10.0. The van der Waals surface area contributed by atoms with E-state index >= 15 is 0 Å². The summed E-state index contributed by atoms with van der Waals surface area (Å²) in [6.07, 6.45) is 0.448. The van der Waals surface area contributed by atoms with Gasteiger partial charge in [-0.2, -0.15) is 0 Å². The number of benzene rings is 2. The Bertz CT molecular complexity index is 766. The van der Waals surface area contributed by atoms with E-state index < -0.39 is 13.4 Å². The van der Waals surface area contributed by atoms with Crippen molar-refractivity contribution < 1.29 is 14.3 Å². The van der Waals surface area contributed by atoms with Crippen molar-refractivity contribution in [3.8, 4) is 0 Å². The molecule has 27 heavy (non-hydrogen) atoms. The van der Waals surface area contributed by atoms with Crippen molar-refractivity contribution in [2.75, 3.05) is 6.29 Å². The summed E-state index contributed by atoms with van der Waals surface area (Å²) in [5, 5.41) is 6.41. The van der Waals surface area contributed by atoms with Crippen LogP contribution in [0.4, 0.5) is 0 Å². The molecule has 0 fully saturated rings. The van der Waals surface area contributed by atoms with E-state index in [2.05, 4.69) is 10.6 Å². The maximum atomic E-state index is 12.8. The molecule has 5 nitrogen and oxygen atoms in total. The Morgan fingerprint density at radius 1 is 1.00 bits per heavy atom. The Morgan fingerprint density at radius 3 is 2.11 bits per heavy atom. The van der Waals surface area contributed by atoms with E-state index in [1.165, 1.54) is 0 Å². The first-order valence-electron chi connectivity index (χ1n) is 9.25. The standard InChI is InChI=1S/C21H29N2O3P/c1-16(2)14-20(21(24)23-17(3)18-10-6-4-7-11-18)22-15-27(25,26)19-12-8-5-9-13-19/h4-13,16-17,20,22H,14-15H2,1-3H3,(H,23,24)(H,25,26)/t17-,20+/m1/s1. The first-order chi connectivity index (χ1) is 12.8. The predicted octanol–water partition coefficient (Wildman–Crippen LogP) is 3.42. The van der Waals surface area contributed by atoms with Crippen molar-refractivity contribution in [2.24, 2.45) is 5.92 Å². The molecule has 3 atom stereocenters. The van der Waals surface area contributed by atoms with Gasteiger partial charge in [-0.05, 0) is 37.0 Å². The first kappa shape index (κ1) is 21.4. The summed E-state index contributed by atoms with van der Waals surface area (Å²) in [6.45, 7) is 5.98. The highest BCUT2D eigenvalue weighted by Gasteiger charge is 2.26. The molecule has 0 aliphatic carbocycles. The highest BCUT2D eigenvalue weighted by Crippen LogP contribution is 2.37. The Kier molecular flexibility index (Phi) is 7.78. The maximum absolute atomic E-state index is 12.8. The molecule has 0 saturated heterocycles. The molecular formula is C21H29N2O3P. The summed E-state index contributed by atoms with van der Waals surface area (Å²) >= 11 is 0. The number of nitrogens with one attached hydrogen (secondary N) is 2. The summed E-state index contributed by atoms with van der Waals surface area (Å²) in [5.41, 5.74) is 1.02. The molecule has 2 aromatic rings. The van der Waals surface area contributed by atoms with Crippen LogP contribution in [0.25, 0.3) is 0 Å². The van der Waals surface area contributed by atoms with Crippen molar-refractivity contribution in [1.82, 2.24) is 10.6 Å². The van der Waals surface area contributed by atoms with E-state index in [4.69, 9.17) is 0 Å². The van der Waals surface area contributed by atoms with Crippen LogP contribution < -0.4 is 15.9 Å². The van der Waals surface area contributed by atoms with E-state index in [1.807, 2.05) is 51.1 Å². The number of hydrogen-bond donors (Lipinski definition) is 3. The van der Waals surface area contributed by atoms with E-state index in [0.29, 0.717) is 11.7 Å². The van der Waals surface area contributed by atoms with Crippen LogP contribution in [0.1, 0.15) is 38.8 Å². The van der Waals surface area contributed by atoms with E-state index in [-0.39, 0.29) is 24.2 Å². The summed E-state index contributed by atoms with van der Waals surface area (Å²) in [5.74, 6) is 0.114. The van der Waals surface area contributed by atoms with Gasteiger partial charge in [-0.3, -0.25) is 14.7 Å². The SMILES string of the molecule is CC(C)C[C@H](NCP(=O)(O)c1ccccc1)C(=O)N[C@H](C)c1ccccc1. The van der Waals surface area contributed by atoms with E-state index in [0.717, 1.165) is 5.56 Å². The average Bonchev–Trinajstić information content (AvgIpc) is 2.66. The predicted molar refractivity (Wildman–Crippen MR) is 110 cm³/mol. The molecule has 3 N–H and O–H groups in total. The second-order valence-corrected chi connectivity index (χ2v) is 9.46. The molecule has 1 unspecified atom stereocenters. The third kappa shape index (κ3) is 6.62. The lowest BCUT2D eigenvalue weighted by Gasteiger charge is -2.24. The first-order valence-corrected chi connectivity index (χ1v) is 11.1. The molecule has 0 saturated carbocycles. The smallest absolute Gasteiger partial charge is 0.242 e. The summed E-state index contributed by atoms with van der Waals surface area (Å²) < 4.78 is 12.6. The van der Waals surface area contributed by atoms with Crippen molar-refractivity contribution in [1.29, 1.82) is 0 Å². The van der Waals surface area contributed by atoms with Gasteiger partial charge >= 0.3 is 0 Å². The largest absolute Gasteiger partial charge is 0.348 e. The van der Waals surface area contributed by atoms with E-state index in [1.54, 1.807) is 30.3 Å². The Labute approximate surface area is 161 Å². The zero-order valence-electron chi connectivity index (χ0n) is 16.1. The van der Waals surface area contributed by atoms with Gasteiger partial charge in [0.05, 0.1) is 18.4 Å². The van der Waals surface area contributed by atoms with Crippen molar-refractivity contribution in [2.45, 2.75) is 39.3 Å². The van der Waals surface area contributed by atoms with Gasteiger partial charge < -0.3 is 10.2 Å². The fourth-order valence-electron chi connectivity index (χ4n) is 2.88. The average molecular weight is 388 g/mol. The molecular weight excluding hydrogens is 359 g/mol. The maximum Gasteiger partial charge on any atom is 0.242 e. The Morgan fingerprint density at radius 2 is 1.56 bits per heavy atom. The van der Waals surface area contributed by atoms with Crippen LogP contribution in [0.15, 0.2) is 60.7 Å². The number of amides is 1. The van der Waals surface area contributed by atoms with Gasteiger partial charge in [-0.15, -0.1) is 0 Å². The number of rotatable bonds is 9. The van der Waals surface area contributed by atoms with Crippen LogP contribution >= 0.6 is 7.37 Å². The molecule has 6 heteroatoms. The van der Waals surface area contributed by atoms with Crippen LogP contribution in [0.3, 0.4) is 0 Å². The number of carbonyl (C=O) groups is 1. The summed E-state index contributed by atoms with van der Waals surface area (Å²) in [4.78, 5) is 23.1. The normalized spacial score (nSPS) is 15.7. The van der Waals surface area contributed by atoms with Crippen LogP contribution in [0, 0.1) is 5.92 Å². The number of carbonyl (C=O) groups excluding carboxylic acids is 1. The quantitative estimate of drug-likeness (QED) is 0.575. The van der Waals surface area contributed by atoms with Gasteiger partial charge in [0.15, 0.2) is 0 Å². The van der Waals surface area contributed by atoms with Gasteiger partial charge in [-0.25, -0.2) is 0 Å². The minimum Gasteiger partial charge on any atom is -0.348 e. The molecule has 0 aliphatic rings. The van der Waals surface area contributed by atoms with Gasteiger partial charge in [0.2, 0.25) is 13.3 Å². The molecule has 0 aromatic heterocycles. The third-order valence-electron chi connectivity index (χ3n) is 4.39. The Hall–Kier alpha value is -1.94. The van der Waals surface area contributed by atoms with Crippen molar-refractivity contribution in [3.63, 3.8) is 0 Å². The monoisotopic (exact) mass is 388 g/mol. The molecule has 0 radical (unpaired) electrons. The summed E-state index contributed by atoms with van der Waals surface area (Å²) in [7, 11) is -3.57. The molecule has 146 valence electrons. The van der Waals surface area contributed by atoms with Crippen LogP contribution in [-0.2, 0) is 9.36 Å². The van der Waals surface area contributed by atoms with Crippen LogP contribution in [-0.4, -0.2) is 23.1 Å². The van der Waals surface area contributed by atoms with Gasteiger partial charge in [-0.1, -0.05) is 62.4 Å². The highest BCUT2D eigenvalue weighted by molar-refractivity contribution is 7.66. The molecule has 0 spiro atoms. The second-order valence-electron chi connectivity index (χ2n) is 7.22. The van der Waals surface area contributed by atoms with Gasteiger partial charge in [0, 0.05) is 5.30 Å². The van der Waals surface area contributed by atoms with Gasteiger partial charge in [0.25, 0.3) is 0 Å². The molecule has 0 aliphatic heterocycles. The molecule has 1 amide bonds.